The van der Waals surface area contributed by atoms with E-state index in [1.54, 1.807) is 0 Å². The number of hydrogen-bond donors (Lipinski definition) is 3. The van der Waals surface area contributed by atoms with Crippen LogP contribution in [-0.4, -0.2) is 34.6 Å². The van der Waals surface area contributed by atoms with Crippen molar-refractivity contribution in [3.8, 4) is 0 Å². The minimum absolute atomic E-state index is 0.365. The number of rotatable bonds is 5. The van der Waals surface area contributed by atoms with Gasteiger partial charge in [0.2, 0.25) is 0 Å². The Labute approximate surface area is 131 Å². The van der Waals surface area contributed by atoms with Crippen LogP contribution in [-0.2, 0) is 0 Å². The van der Waals surface area contributed by atoms with Crippen LogP contribution in [0.15, 0.2) is 72.8 Å². The summed E-state index contributed by atoms with van der Waals surface area (Å²) in [4.78, 5) is 0. The zero-order chi connectivity index (χ0) is 16.0. The lowest BCUT2D eigenvalue weighted by Crippen LogP contribution is -2.15. The summed E-state index contributed by atoms with van der Waals surface area (Å²) in [7, 11) is 0. The lowest BCUT2D eigenvalue weighted by molar-refractivity contribution is 0.0450. The van der Waals surface area contributed by atoms with Crippen molar-refractivity contribution in [3.63, 3.8) is 0 Å². The Morgan fingerprint density at radius 3 is 1.32 bits per heavy atom. The first-order chi connectivity index (χ1) is 10.8. The predicted octanol–water partition coefficient (Wildman–Crippen LogP) is 2.75. The van der Waals surface area contributed by atoms with E-state index in [0.717, 1.165) is 0 Å². The van der Waals surface area contributed by atoms with E-state index in [-0.39, 0.29) is 13.2 Å². The van der Waals surface area contributed by atoms with Crippen LogP contribution >= 0.6 is 0 Å². The van der Waals surface area contributed by atoms with Crippen molar-refractivity contribution in [1.29, 1.82) is 0 Å². The van der Waals surface area contributed by atoms with Crippen LogP contribution in [0.1, 0.15) is 11.1 Å². The van der Waals surface area contributed by atoms with E-state index >= 15 is 0 Å². The highest BCUT2D eigenvalue weighted by Crippen LogP contribution is 2.03. The van der Waals surface area contributed by atoms with Gasteiger partial charge in [-0.15, -0.1) is 0 Å². The molecular formula is C19H22O3. The van der Waals surface area contributed by atoms with Crippen LogP contribution in [0.5, 0.6) is 0 Å². The molecule has 3 nitrogen and oxygen atoms in total. The highest BCUT2D eigenvalue weighted by molar-refractivity contribution is 5.56. The van der Waals surface area contributed by atoms with E-state index in [1.807, 2.05) is 36.4 Å². The lowest BCUT2D eigenvalue weighted by Gasteiger charge is -1.96. The van der Waals surface area contributed by atoms with Gasteiger partial charge >= 0.3 is 0 Å². The number of benzene rings is 2. The van der Waals surface area contributed by atoms with Gasteiger partial charge in [0.1, 0.15) is 6.10 Å². The van der Waals surface area contributed by atoms with Crippen molar-refractivity contribution >= 4 is 12.2 Å². The molecule has 0 atom stereocenters. The number of aliphatic hydroxyl groups excluding tert-OH is 3. The molecule has 116 valence electrons. The maximum Gasteiger partial charge on any atom is 0.100 e. The van der Waals surface area contributed by atoms with Crippen LogP contribution in [0, 0.1) is 0 Å². The van der Waals surface area contributed by atoms with Gasteiger partial charge in [-0.2, -0.15) is 0 Å². The Hall–Kier alpha value is -2.20. The fourth-order valence-corrected chi connectivity index (χ4v) is 1.52. The lowest BCUT2D eigenvalue weighted by atomic mass is 10.2. The third-order valence-corrected chi connectivity index (χ3v) is 2.71. The van der Waals surface area contributed by atoms with Crippen molar-refractivity contribution in [2.75, 3.05) is 13.2 Å². The normalized spacial score (nSPS) is 10.9. The molecule has 22 heavy (non-hydrogen) atoms. The molecule has 2 aromatic carbocycles. The van der Waals surface area contributed by atoms with Crippen molar-refractivity contribution in [2.24, 2.45) is 0 Å². The summed E-state index contributed by atoms with van der Waals surface area (Å²) in [6, 6.07) is 20.6. The molecular weight excluding hydrogens is 276 g/mol. The second-order valence-electron chi connectivity index (χ2n) is 4.56. The van der Waals surface area contributed by atoms with Crippen LogP contribution < -0.4 is 0 Å². The molecule has 0 saturated heterocycles. The zero-order valence-electron chi connectivity index (χ0n) is 12.4. The monoisotopic (exact) mass is 298 g/mol. The molecule has 0 radical (unpaired) electrons. The van der Waals surface area contributed by atoms with E-state index in [0.29, 0.717) is 0 Å². The van der Waals surface area contributed by atoms with Crippen molar-refractivity contribution in [2.45, 2.75) is 6.10 Å². The van der Waals surface area contributed by atoms with E-state index in [2.05, 4.69) is 48.6 Å². The molecule has 3 N–H and O–H groups in total. The molecule has 0 amide bonds. The average molecular weight is 298 g/mol. The Bertz CT molecular complexity index is 496. The summed E-state index contributed by atoms with van der Waals surface area (Å²) in [5.74, 6) is 0. The van der Waals surface area contributed by atoms with Gasteiger partial charge in [-0.3, -0.25) is 0 Å². The molecule has 0 spiro atoms. The number of allylic oxidation sites excluding steroid dienone is 2. The van der Waals surface area contributed by atoms with Crippen LogP contribution in [0.3, 0.4) is 0 Å². The third-order valence-electron chi connectivity index (χ3n) is 2.71. The topological polar surface area (TPSA) is 60.7 Å². The van der Waals surface area contributed by atoms with E-state index in [9.17, 15) is 0 Å². The summed E-state index contributed by atoms with van der Waals surface area (Å²) in [5, 5.41) is 24.0. The molecule has 0 bridgehead atoms. The molecule has 0 unspecified atom stereocenters. The van der Waals surface area contributed by atoms with Gasteiger partial charge in [-0.1, -0.05) is 85.0 Å². The summed E-state index contributed by atoms with van der Waals surface area (Å²) >= 11 is 0. The van der Waals surface area contributed by atoms with Gasteiger partial charge in [0.25, 0.3) is 0 Å². The fraction of sp³-hybridized carbons (Fsp3) is 0.158. The maximum atomic E-state index is 8.17. The van der Waals surface area contributed by atoms with Gasteiger partial charge < -0.3 is 15.3 Å². The first-order valence-electron chi connectivity index (χ1n) is 7.11. The molecule has 2 aromatic rings. The Kier molecular flexibility index (Phi) is 9.30. The molecule has 0 aliphatic carbocycles. The van der Waals surface area contributed by atoms with Crippen LogP contribution in [0.4, 0.5) is 0 Å². The molecule has 3 heteroatoms. The smallest absolute Gasteiger partial charge is 0.100 e. The first-order valence-corrected chi connectivity index (χ1v) is 7.11. The quantitative estimate of drug-likeness (QED) is 0.744. The predicted molar refractivity (Wildman–Crippen MR) is 91.1 cm³/mol. The molecule has 0 aromatic heterocycles. The SMILES string of the molecule is C(/C=C/c1ccccc1)=C\c1ccccc1.OCC(O)CO. The van der Waals surface area contributed by atoms with E-state index in [4.69, 9.17) is 15.3 Å². The Morgan fingerprint density at radius 2 is 1.05 bits per heavy atom. The van der Waals surface area contributed by atoms with Gasteiger partial charge in [0, 0.05) is 0 Å². The minimum atomic E-state index is -0.954. The van der Waals surface area contributed by atoms with E-state index < -0.39 is 6.10 Å². The third kappa shape index (κ3) is 8.17. The largest absolute Gasteiger partial charge is 0.394 e. The average Bonchev–Trinajstić information content (AvgIpc) is 2.60. The molecule has 0 saturated carbocycles. The molecule has 0 aliphatic heterocycles. The summed E-state index contributed by atoms with van der Waals surface area (Å²) < 4.78 is 0. The summed E-state index contributed by atoms with van der Waals surface area (Å²) in [6.45, 7) is -0.729. The van der Waals surface area contributed by atoms with Crippen molar-refractivity contribution in [1.82, 2.24) is 0 Å². The molecule has 0 heterocycles. The molecule has 0 aliphatic rings. The maximum absolute atomic E-state index is 8.17. The standard InChI is InChI=1S/C16H14.C3H8O3/c1-3-9-15(10-4-1)13-7-8-14-16-11-5-2-6-12-16;4-1-3(6)2-5/h1-14H;3-6H,1-2H2/b13-7+,14-8+;. The van der Waals surface area contributed by atoms with Gasteiger partial charge in [0.15, 0.2) is 0 Å². The Morgan fingerprint density at radius 1 is 0.682 bits per heavy atom. The number of aliphatic hydroxyl groups is 3. The van der Waals surface area contributed by atoms with E-state index in [1.165, 1.54) is 11.1 Å². The Balaban J connectivity index is 0.000000346. The zero-order valence-corrected chi connectivity index (χ0v) is 12.4. The second kappa shape index (κ2) is 11.5. The molecule has 0 fully saturated rings. The number of hydrogen-bond acceptors (Lipinski definition) is 3. The summed E-state index contributed by atoms with van der Waals surface area (Å²) in [6.07, 6.45) is 7.36. The van der Waals surface area contributed by atoms with Crippen LogP contribution in [0.2, 0.25) is 0 Å². The van der Waals surface area contributed by atoms with Gasteiger partial charge in [0.05, 0.1) is 13.2 Å². The van der Waals surface area contributed by atoms with Crippen molar-refractivity contribution in [3.05, 3.63) is 83.9 Å². The first kappa shape index (κ1) is 17.9. The minimum Gasteiger partial charge on any atom is -0.394 e. The summed E-state index contributed by atoms with van der Waals surface area (Å²) in [5.41, 5.74) is 2.44. The highest BCUT2D eigenvalue weighted by atomic mass is 16.3. The molecule has 2 rings (SSSR count). The second-order valence-corrected chi connectivity index (χ2v) is 4.56. The van der Waals surface area contributed by atoms with Gasteiger partial charge in [-0.25, -0.2) is 0 Å². The highest BCUT2D eigenvalue weighted by Gasteiger charge is 1.93. The fourth-order valence-electron chi connectivity index (χ4n) is 1.52. The van der Waals surface area contributed by atoms with Gasteiger partial charge in [-0.05, 0) is 11.1 Å². The van der Waals surface area contributed by atoms with Crippen molar-refractivity contribution < 1.29 is 15.3 Å². The van der Waals surface area contributed by atoms with Crippen LogP contribution in [0.25, 0.3) is 12.2 Å².